The molecular formula is C29H31F3N4O6. The molecule has 10 nitrogen and oxygen atoms in total. The van der Waals surface area contributed by atoms with Crippen molar-refractivity contribution < 1.29 is 41.4 Å². The largest absolute Gasteiger partial charge is 0.494 e. The minimum atomic E-state index is -4.66. The first kappa shape index (κ1) is 29.3. The summed E-state index contributed by atoms with van der Waals surface area (Å²) >= 11 is 0. The molecule has 2 fully saturated rings. The number of oxazole rings is 1. The van der Waals surface area contributed by atoms with Crippen LogP contribution in [0.4, 0.5) is 13.2 Å². The van der Waals surface area contributed by atoms with E-state index in [2.05, 4.69) is 15.3 Å². The second-order valence-corrected chi connectivity index (χ2v) is 10.7. The van der Waals surface area contributed by atoms with Crippen LogP contribution in [0.25, 0.3) is 22.4 Å². The number of nitrogens with one attached hydrogen (secondary N) is 1. The Morgan fingerprint density at radius 3 is 2.50 bits per heavy atom. The second kappa shape index (κ2) is 11.3. The molecule has 1 aliphatic heterocycles. The molecule has 13 heteroatoms. The molecule has 2 amide bonds. The number of ether oxygens (including phenoxy) is 2. The Labute approximate surface area is 239 Å². The van der Waals surface area contributed by atoms with Gasteiger partial charge in [-0.15, -0.1) is 0 Å². The quantitative estimate of drug-likeness (QED) is 0.375. The van der Waals surface area contributed by atoms with Crippen molar-refractivity contribution in [1.82, 2.24) is 20.2 Å². The molecule has 0 spiro atoms. The van der Waals surface area contributed by atoms with Crippen LogP contribution in [-0.2, 0) is 20.5 Å². The molecule has 1 saturated carbocycles. The lowest BCUT2D eigenvalue weighted by atomic mass is 10.1. The molecule has 1 aliphatic carbocycles. The van der Waals surface area contributed by atoms with Crippen molar-refractivity contribution in [3.8, 4) is 17.2 Å². The summed E-state index contributed by atoms with van der Waals surface area (Å²) in [5.41, 5.74) is -0.852. The molecule has 2 aliphatic rings. The topological polar surface area (TPSA) is 124 Å². The van der Waals surface area contributed by atoms with Crippen LogP contribution in [0.15, 0.2) is 28.7 Å². The first-order valence-electron chi connectivity index (χ1n) is 13.8. The van der Waals surface area contributed by atoms with Gasteiger partial charge in [-0.05, 0) is 44.0 Å². The van der Waals surface area contributed by atoms with Gasteiger partial charge in [-0.3, -0.25) is 9.59 Å². The predicted octanol–water partition coefficient (Wildman–Crippen LogP) is 4.71. The number of amides is 2. The van der Waals surface area contributed by atoms with Crippen LogP contribution in [0.2, 0.25) is 0 Å². The van der Waals surface area contributed by atoms with Crippen LogP contribution in [-0.4, -0.2) is 65.0 Å². The van der Waals surface area contributed by atoms with Gasteiger partial charge >= 0.3 is 12.1 Å². The van der Waals surface area contributed by atoms with Gasteiger partial charge in [-0.1, -0.05) is 13.8 Å². The Bertz CT molecular complexity index is 1530. The molecule has 0 unspecified atom stereocenters. The molecule has 2 atom stereocenters. The number of rotatable bonds is 8. The number of benzene rings is 1. The maximum absolute atomic E-state index is 14.0. The van der Waals surface area contributed by atoms with Gasteiger partial charge in [0.1, 0.15) is 28.8 Å². The fourth-order valence-electron chi connectivity index (χ4n) is 5.12. The fourth-order valence-corrected chi connectivity index (χ4v) is 5.12. The van der Waals surface area contributed by atoms with Crippen LogP contribution in [0.1, 0.15) is 67.9 Å². The van der Waals surface area contributed by atoms with Crippen molar-refractivity contribution in [3.63, 3.8) is 0 Å². The number of carbonyl (C=O) groups excluding carboxylic acids is 3. The number of likely N-dealkylation sites (tertiary alicyclic amines) is 1. The highest BCUT2D eigenvalue weighted by Gasteiger charge is 2.44. The Morgan fingerprint density at radius 1 is 1.14 bits per heavy atom. The molecule has 3 heterocycles. The van der Waals surface area contributed by atoms with Crippen LogP contribution >= 0.6 is 0 Å². The number of esters is 1. The number of nitrogens with zero attached hydrogens (tertiary/aromatic N) is 3. The van der Waals surface area contributed by atoms with Gasteiger partial charge in [0.05, 0.1) is 13.7 Å². The lowest BCUT2D eigenvalue weighted by Crippen LogP contribution is -2.42. The molecule has 0 bridgehead atoms. The number of fused-ring (bicyclic) bond motifs is 1. The van der Waals surface area contributed by atoms with Crippen molar-refractivity contribution >= 4 is 28.7 Å². The first-order valence-corrected chi connectivity index (χ1v) is 13.8. The van der Waals surface area contributed by atoms with E-state index in [1.54, 1.807) is 26.8 Å². The third kappa shape index (κ3) is 5.64. The van der Waals surface area contributed by atoms with E-state index in [1.807, 2.05) is 0 Å². The number of hydrogen-bond acceptors (Lipinski definition) is 8. The molecule has 2 aromatic heterocycles. The summed E-state index contributed by atoms with van der Waals surface area (Å²) < 4.78 is 56.7. The van der Waals surface area contributed by atoms with Crippen LogP contribution in [0.5, 0.6) is 5.75 Å². The standard InChI is InChI=1S/C29H31F3N4O6/c1-5-41-28(39)19-12-16(33-25(37)15-6-7-15)13-36(19)27(38)23-24(14(2)3)42-26(35-23)18-8-10-20(40-4)22-17(18)9-11-21(34-22)29(30,31)32/h8-11,14-16,19H,5-7,12-13H2,1-4H3,(H,33,37)/t16-,19+/m1/s1. The summed E-state index contributed by atoms with van der Waals surface area (Å²) in [6.45, 7) is 5.47. The van der Waals surface area contributed by atoms with E-state index < -0.39 is 35.8 Å². The van der Waals surface area contributed by atoms with E-state index in [1.165, 1.54) is 24.1 Å². The number of carbonyl (C=O) groups is 3. The van der Waals surface area contributed by atoms with Gasteiger partial charge < -0.3 is 24.1 Å². The molecule has 224 valence electrons. The highest BCUT2D eigenvalue weighted by Crippen LogP contribution is 2.38. The molecule has 3 aromatic rings. The maximum atomic E-state index is 14.0. The zero-order valence-corrected chi connectivity index (χ0v) is 23.6. The molecule has 1 N–H and O–H groups in total. The average molecular weight is 589 g/mol. The van der Waals surface area contributed by atoms with E-state index >= 15 is 0 Å². The van der Waals surface area contributed by atoms with E-state index in [0.717, 1.165) is 18.9 Å². The van der Waals surface area contributed by atoms with Gasteiger partial charge in [0.2, 0.25) is 11.8 Å². The second-order valence-electron chi connectivity index (χ2n) is 10.7. The summed E-state index contributed by atoms with van der Waals surface area (Å²) in [6.07, 6.45) is -2.84. The number of aromatic nitrogens is 2. The number of methoxy groups -OCH3 is 1. The van der Waals surface area contributed by atoms with Crippen molar-refractivity contribution in [2.45, 2.75) is 64.2 Å². The maximum Gasteiger partial charge on any atom is 0.433 e. The average Bonchev–Trinajstić information content (AvgIpc) is 3.57. The molecular weight excluding hydrogens is 557 g/mol. The zero-order chi connectivity index (χ0) is 30.3. The number of pyridine rings is 1. The van der Waals surface area contributed by atoms with Crippen LogP contribution < -0.4 is 10.1 Å². The summed E-state index contributed by atoms with van der Waals surface area (Å²) in [6, 6.07) is 3.76. The molecule has 1 saturated heterocycles. The lowest BCUT2D eigenvalue weighted by Gasteiger charge is -2.22. The number of hydrogen-bond donors (Lipinski definition) is 1. The summed E-state index contributed by atoms with van der Waals surface area (Å²) in [7, 11) is 1.32. The molecule has 1 aromatic carbocycles. The number of halogens is 3. The predicted molar refractivity (Wildman–Crippen MR) is 144 cm³/mol. The van der Waals surface area contributed by atoms with Gasteiger partial charge in [-0.25, -0.2) is 14.8 Å². The Hall–Kier alpha value is -4.16. The smallest absolute Gasteiger partial charge is 0.433 e. The van der Waals surface area contributed by atoms with E-state index in [0.29, 0.717) is 5.56 Å². The Kier molecular flexibility index (Phi) is 7.86. The van der Waals surface area contributed by atoms with Gasteiger partial charge in [0.15, 0.2) is 5.69 Å². The van der Waals surface area contributed by atoms with Gasteiger partial charge in [0, 0.05) is 41.8 Å². The Morgan fingerprint density at radius 2 is 1.88 bits per heavy atom. The minimum Gasteiger partial charge on any atom is -0.494 e. The third-order valence-electron chi connectivity index (χ3n) is 7.36. The van der Waals surface area contributed by atoms with Gasteiger partial charge in [-0.2, -0.15) is 13.2 Å². The van der Waals surface area contributed by atoms with Crippen LogP contribution in [0.3, 0.4) is 0 Å². The van der Waals surface area contributed by atoms with E-state index in [-0.39, 0.29) is 71.3 Å². The Balaban J connectivity index is 1.53. The lowest BCUT2D eigenvalue weighted by molar-refractivity contribution is -0.147. The molecule has 0 radical (unpaired) electrons. The minimum absolute atomic E-state index is 0.00160. The van der Waals surface area contributed by atoms with Crippen molar-refractivity contribution in [2.75, 3.05) is 20.3 Å². The SMILES string of the molecule is CCOC(=O)[C@@H]1C[C@@H](NC(=O)C2CC2)CN1C(=O)c1nc(-c2ccc(OC)c3nc(C(F)(F)F)ccc23)oc1C(C)C. The third-order valence-corrected chi connectivity index (χ3v) is 7.36. The zero-order valence-electron chi connectivity index (χ0n) is 23.6. The molecule has 5 rings (SSSR count). The van der Waals surface area contributed by atoms with E-state index in [4.69, 9.17) is 13.9 Å². The first-order chi connectivity index (χ1) is 19.9. The highest BCUT2D eigenvalue weighted by atomic mass is 19.4. The van der Waals surface area contributed by atoms with Gasteiger partial charge in [0.25, 0.3) is 5.91 Å². The van der Waals surface area contributed by atoms with Crippen molar-refractivity contribution in [1.29, 1.82) is 0 Å². The van der Waals surface area contributed by atoms with Crippen molar-refractivity contribution in [2.24, 2.45) is 5.92 Å². The fraction of sp³-hybridized carbons (Fsp3) is 0.483. The summed E-state index contributed by atoms with van der Waals surface area (Å²) in [5.74, 6) is -1.24. The number of alkyl halides is 3. The summed E-state index contributed by atoms with van der Waals surface area (Å²) in [5, 5.41) is 3.22. The van der Waals surface area contributed by atoms with E-state index in [9.17, 15) is 27.6 Å². The normalized spacial score (nSPS) is 18.9. The molecule has 42 heavy (non-hydrogen) atoms. The van der Waals surface area contributed by atoms with Crippen molar-refractivity contribution in [3.05, 3.63) is 41.4 Å². The highest BCUT2D eigenvalue weighted by molar-refractivity contribution is 5.99. The summed E-state index contributed by atoms with van der Waals surface area (Å²) in [4.78, 5) is 48.8. The van der Waals surface area contributed by atoms with Crippen LogP contribution in [0, 0.1) is 5.92 Å². The monoisotopic (exact) mass is 588 g/mol.